The van der Waals surface area contributed by atoms with E-state index in [4.69, 9.17) is 4.98 Å². The molecular formula is C25H33N3O2S2. The molecule has 0 radical (unpaired) electrons. The van der Waals surface area contributed by atoms with Gasteiger partial charge in [0.1, 0.15) is 5.01 Å². The van der Waals surface area contributed by atoms with Crippen molar-refractivity contribution < 1.29 is 8.42 Å². The summed E-state index contributed by atoms with van der Waals surface area (Å²) < 4.78 is 28.1. The van der Waals surface area contributed by atoms with Crippen LogP contribution in [0.1, 0.15) is 52.0 Å². The third kappa shape index (κ3) is 5.33. The topological polar surface area (TPSA) is 71.1 Å². The van der Waals surface area contributed by atoms with Crippen LogP contribution >= 0.6 is 11.3 Å². The minimum Gasteiger partial charge on any atom is -0.385 e. The second-order valence-electron chi connectivity index (χ2n) is 9.90. The fraction of sp³-hybridized carbons (Fsp3) is 0.480. The van der Waals surface area contributed by atoms with Crippen LogP contribution in [-0.2, 0) is 10.0 Å². The van der Waals surface area contributed by atoms with Gasteiger partial charge in [0.2, 0.25) is 10.0 Å². The van der Waals surface area contributed by atoms with Gasteiger partial charge in [0.25, 0.3) is 0 Å². The van der Waals surface area contributed by atoms with Crippen molar-refractivity contribution in [3.8, 4) is 10.6 Å². The Morgan fingerprint density at radius 2 is 1.72 bits per heavy atom. The molecule has 32 heavy (non-hydrogen) atoms. The zero-order valence-corrected chi connectivity index (χ0v) is 20.9. The van der Waals surface area contributed by atoms with E-state index < -0.39 is 14.8 Å². The number of thiazole rings is 1. The molecule has 1 fully saturated rings. The van der Waals surface area contributed by atoms with Crippen molar-refractivity contribution in [3.05, 3.63) is 48.0 Å². The molecule has 172 valence electrons. The number of aryl methyl sites for hydroxylation is 1. The second kappa shape index (κ2) is 9.12. The van der Waals surface area contributed by atoms with E-state index in [1.54, 1.807) is 32.1 Å². The van der Waals surface area contributed by atoms with Crippen molar-refractivity contribution in [2.75, 3.05) is 11.9 Å². The van der Waals surface area contributed by atoms with Gasteiger partial charge in [-0.15, -0.1) is 11.3 Å². The van der Waals surface area contributed by atoms with Crippen LogP contribution in [0.5, 0.6) is 0 Å². The van der Waals surface area contributed by atoms with E-state index >= 15 is 0 Å². The SMILES string of the molecule is Cc1ccc2nc(-c3ccc(NC[C@H]4CC[C@H](NS(=O)(=O)C(C)(C)C)CC4)cc3)sc2c1. The van der Waals surface area contributed by atoms with Gasteiger partial charge in [-0.25, -0.2) is 18.1 Å². The van der Waals surface area contributed by atoms with Crippen LogP contribution in [0, 0.1) is 12.8 Å². The van der Waals surface area contributed by atoms with Crippen molar-refractivity contribution in [1.29, 1.82) is 0 Å². The van der Waals surface area contributed by atoms with Crippen molar-refractivity contribution in [3.63, 3.8) is 0 Å². The first kappa shape index (κ1) is 23.2. The summed E-state index contributed by atoms with van der Waals surface area (Å²) >= 11 is 1.73. The molecule has 1 aliphatic carbocycles. The van der Waals surface area contributed by atoms with Gasteiger partial charge in [-0.2, -0.15) is 0 Å². The molecule has 2 aromatic carbocycles. The minimum absolute atomic E-state index is 0.0624. The number of aromatic nitrogens is 1. The summed E-state index contributed by atoms with van der Waals surface area (Å²) in [5.41, 5.74) is 4.56. The summed E-state index contributed by atoms with van der Waals surface area (Å²) in [5, 5.41) is 4.61. The number of benzene rings is 2. The maximum absolute atomic E-state index is 12.4. The normalized spacial score (nSPS) is 19.9. The van der Waals surface area contributed by atoms with E-state index in [1.165, 1.54) is 10.3 Å². The summed E-state index contributed by atoms with van der Waals surface area (Å²) in [6, 6.07) is 14.9. The Morgan fingerprint density at radius 1 is 1.03 bits per heavy atom. The molecule has 4 rings (SSSR count). The summed E-state index contributed by atoms with van der Waals surface area (Å²) in [6.07, 6.45) is 3.87. The van der Waals surface area contributed by atoms with Crippen molar-refractivity contribution >= 4 is 37.3 Å². The Balaban J connectivity index is 1.29. The summed E-state index contributed by atoms with van der Waals surface area (Å²) in [6.45, 7) is 8.25. The first-order chi connectivity index (χ1) is 15.1. The zero-order valence-electron chi connectivity index (χ0n) is 19.3. The molecule has 0 spiro atoms. The number of hydrogen-bond donors (Lipinski definition) is 2. The van der Waals surface area contributed by atoms with Crippen LogP contribution < -0.4 is 10.0 Å². The molecule has 0 unspecified atom stereocenters. The summed E-state index contributed by atoms with van der Waals surface area (Å²) in [5.74, 6) is 0.567. The van der Waals surface area contributed by atoms with Gasteiger partial charge in [-0.1, -0.05) is 6.07 Å². The maximum atomic E-state index is 12.4. The predicted molar refractivity (Wildman–Crippen MR) is 136 cm³/mol. The molecule has 0 aliphatic heterocycles. The fourth-order valence-electron chi connectivity index (χ4n) is 4.03. The Labute approximate surface area is 195 Å². The van der Waals surface area contributed by atoms with E-state index in [0.717, 1.165) is 54.0 Å². The zero-order chi connectivity index (χ0) is 22.9. The highest BCUT2D eigenvalue weighted by atomic mass is 32.2. The van der Waals surface area contributed by atoms with E-state index in [9.17, 15) is 8.42 Å². The van der Waals surface area contributed by atoms with Gasteiger partial charge in [-0.3, -0.25) is 0 Å². The van der Waals surface area contributed by atoms with Crippen LogP contribution in [-0.4, -0.2) is 30.7 Å². The van der Waals surface area contributed by atoms with E-state index in [-0.39, 0.29) is 6.04 Å². The number of hydrogen-bond acceptors (Lipinski definition) is 5. The lowest BCUT2D eigenvalue weighted by Gasteiger charge is -2.31. The lowest BCUT2D eigenvalue weighted by atomic mass is 9.86. The monoisotopic (exact) mass is 471 g/mol. The molecule has 1 heterocycles. The fourth-order valence-corrected chi connectivity index (χ4v) is 6.13. The van der Waals surface area contributed by atoms with Gasteiger partial charge in [0.05, 0.1) is 15.0 Å². The average Bonchev–Trinajstić information content (AvgIpc) is 3.16. The number of fused-ring (bicyclic) bond motifs is 1. The van der Waals surface area contributed by atoms with Gasteiger partial charge < -0.3 is 5.32 Å². The van der Waals surface area contributed by atoms with Crippen LogP contribution in [0.25, 0.3) is 20.8 Å². The molecule has 1 aromatic heterocycles. The highest BCUT2D eigenvalue weighted by Crippen LogP contribution is 2.32. The predicted octanol–water partition coefficient (Wildman–Crippen LogP) is 5.96. The smallest absolute Gasteiger partial charge is 0.216 e. The second-order valence-corrected chi connectivity index (χ2v) is 13.4. The number of nitrogens with one attached hydrogen (secondary N) is 2. The Hall–Kier alpha value is -1.96. The number of nitrogens with zero attached hydrogens (tertiary/aromatic N) is 1. The largest absolute Gasteiger partial charge is 0.385 e. The molecule has 5 nitrogen and oxygen atoms in total. The number of anilines is 1. The summed E-state index contributed by atoms with van der Waals surface area (Å²) in [7, 11) is -3.28. The standard InChI is InChI=1S/C25H33N3O2S2/c1-17-5-14-22-23(15-17)31-24(27-22)19-8-12-20(13-9-19)26-16-18-6-10-21(11-7-18)28-32(29,30)25(2,3)4/h5,8-9,12-15,18,21,26,28H,6-7,10-11,16H2,1-4H3/t18-,21-. The van der Waals surface area contributed by atoms with Crippen LogP contribution in [0.4, 0.5) is 5.69 Å². The van der Waals surface area contributed by atoms with Crippen LogP contribution in [0.2, 0.25) is 0 Å². The number of sulfonamides is 1. The van der Waals surface area contributed by atoms with E-state index in [2.05, 4.69) is 59.4 Å². The Bertz CT molecular complexity index is 1170. The molecule has 0 amide bonds. The van der Waals surface area contributed by atoms with Crippen LogP contribution in [0.15, 0.2) is 42.5 Å². The van der Waals surface area contributed by atoms with Gasteiger partial charge in [0.15, 0.2) is 0 Å². The molecule has 0 atom stereocenters. The van der Waals surface area contributed by atoms with Crippen molar-refractivity contribution in [2.45, 2.75) is 64.2 Å². The molecule has 7 heteroatoms. The minimum atomic E-state index is -3.28. The maximum Gasteiger partial charge on any atom is 0.216 e. The van der Waals surface area contributed by atoms with E-state index in [1.807, 2.05) is 0 Å². The molecule has 2 N–H and O–H groups in total. The molecule has 1 aliphatic rings. The van der Waals surface area contributed by atoms with E-state index in [0.29, 0.717) is 5.92 Å². The first-order valence-electron chi connectivity index (χ1n) is 11.3. The van der Waals surface area contributed by atoms with Crippen LogP contribution in [0.3, 0.4) is 0 Å². The highest BCUT2D eigenvalue weighted by molar-refractivity contribution is 7.90. The Kier molecular flexibility index (Phi) is 6.61. The third-order valence-electron chi connectivity index (χ3n) is 6.25. The lowest BCUT2D eigenvalue weighted by molar-refractivity contribution is 0.322. The molecule has 0 saturated heterocycles. The molecular weight excluding hydrogens is 438 g/mol. The van der Waals surface area contributed by atoms with Crippen molar-refractivity contribution in [2.24, 2.45) is 5.92 Å². The molecule has 3 aromatic rings. The third-order valence-corrected chi connectivity index (χ3v) is 9.57. The van der Waals surface area contributed by atoms with Crippen molar-refractivity contribution in [1.82, 2.24) is 9.71 Å². The number of rotatable bonds is 6. The molecule has 0 bridgehead atoms. The molecule has 1 saturated carbocycles. The summed E-state index contributed by atoms with van der Waals surface area (Å²) in [4.78, 5) is 4.77. The lowest BCUT2D eigenvalue weighted by Crippen LogP contribution is -2.46. The van der Waals surface area contributed by atoms with Gasteiger partial charge >= 0.3 is 0 Å². The quantitative estimate of drug-likeness (QED) is 0.465. The highest BCUT2D eigenvalue weighted by Gasteiger charge is 2.32. The average molecular weight is 472 g/mol. The van der Waals surface area contributed by atoms with Gasteiger partial charge in [0, 0.05) is 23.8 Å². The Morgan fingerprint density at radius 3 is 2.38 bits per heavy atom. The van der Waals surface area contributed by atoms with Gasteiger partial charge in [-0.05, 0) is 101 Å². The first-order valence-corrected chi connectivity index (χ1v) is 13.6.